The highest BCUT2D eigenvalue weighted by molar-refractivity contribution is 5.69. The van der Waals surface area contributed by atoms with Gasteiger partial charge >= 0.3 is 6.09 Å². The van der Waals surface area contributed by atoms with E-state index in [1.807, 2.05) is 26.8 Å². The topological polar surface area (TPSA) is 58.6 Å². The molecule has 0 unspecified atom stereocenters. The molecule has 4 heteroatoms. The minimum Gasteiger partial charge on any atom is -0.409 e. The van der Waals surface area contributed by atoms with E-state index in [0.29, 0.717) is 5.75 Å². The highest BCUT2D eigenvalue weighted by Crippen LogP contribution is 2.23. The molecule has 0 fully saturated rings. The molecule has 0 radical (unpaired) electrons. The van der Waals surface area contributed by atoms with Crippen molar-refractivity contribution >= 4 is 6.09 Å². The molecule has 0 saturated heterocycles. The quantitative estimate of drug-likeness (QED) is 0.533. The van der Waals surface area contributed by atoms with Gasteiger partial charge in [-0.05, 0) is 43.5 Å². The van der Waals surface area contributed by atoms with Crippen LogP contribution in [0.4, 0.5) is 4.79 Å². The Kier molecular flexibility index (Phi) is 3.09. The third-order valence-electron chi connectivity index (χ3n) is 2.06. The van der Waals surface area contributed by atoms with E-state index in [2.05, 4.69) is 0 Å². The number of rotatable bonds is 1. The Bertz CT molecular complexity index is 361. The minimum absolute atomic E-state index is 0.467. The maximum absolute atomic E-state index is 10.8. The first-order valence-corrected chi connectivity index (χ1v) is 4.24. The highest BCUT2D eigenvalue weighted by Gasteiger charge is 2.07. The van der Waals surface area contributed by atoms with Crippen LogP contribution < -0.4 is 10.2 Å². The number of amides is 1. The van der Waals surface area contributed by atoms with Gasteiger partial charge in [0.25, 0.3) is 0 Å². The summed E-state index contributed by atoms with van der Waals surface area (Å²) in [6.45, 7) is 5.71. The molecule has 1 aromatic carbocycles. The lowest BCUT2D eigenvalue weighted by Crippen LogP contribution is -2.23. The van der Waals surface area contributed by atoms with Crippen molar-refractivity contribution in [3.8, 4) is 5.75 Å². The lowest BCUT2D eigenvalue weighted by molar-refractivity contribution is 0.127. The van der Waals surface area contributed by atoms with Crippen LogP contribution in [0.25, 0.3) is 0 Å². The number of carbonyl (C=O) groups excluding carboxylic acids is 1. The van der Waals surface area contributed by atoms with Crippen molar-refractivity contribution in [1.29, 1.82) is 0 Å². The summed E-state index contributed by atoms with van der Waals surface area (Å²) in [5, 5.41) is 8.30. The molecular formula is C10H13NO3. The van der Waals surface area contributed by atoms with Gasteiger partial charge in [-0.1, -0.05) is 6.07 Å². The highest BCUT2D eigenvalue weighted by atomic mass is 16.6. The van der Waals surface area contributed by atoms with E-state index in [9.17, 15) is 4.79 Å². The molecule has 2 N–H and O–H groups in total. The van der Waals surface area contributed by atoms with Gasteiger partial charge in [0, 0.05) is 0 Å². The van der Waals surface area contributed by atoms with Gasteiger partial charge < -0.3 is 4.74 Å². The van der Waals surface area contributed by atoms with Gasteiger partial charge in [0.15, 0.2) is 0 Å². The Morgan fingerprint density at radius 2 is 2.00 bits per heavy atom. The monoisotopic (exact) mass is 195 g/mol. The molecule has 0 aliphatic rings. The smallest absolute Gasteiger partial charge is 0.409 e. The van der Waals surface area contributed by atoms with E-state index in [1.54, 1.807) is 6.07 Å². The molecule has 0 aromatic heterocycles. The molecule has 1 rings (SSSR count). The van der Waals surface area contributed by atoms with Crippen molar-refractivity contribution in [1.82, 2.24) is 5.48 Å². The normalized spacial score (nSPS) is 9.71. The maximum Gasteiger partial charge on any atom is 0.436 e. The minimum atomic E-state index is -0.877. The van der Waals surface area contributed by atoms with Crippen molar-refractivity contribution in [3.05, 3.63) is 28.8 Å². The third-order valence-corrected chi connectivity index (χ3v) is 2.06. The van der Waals surface area contributed by atoms with E-state index < -0.39 is 6.09 Å². The lowest BCUT2D eigenvalue weighted by Gasteiger charge is -2.09. The first-order valence-electron chi connectivity index (χ1n) is 4.24. The van der Waals surface area contributed by atoms with Gasteiger partial charge in [0.1, 0.15) is 5.75 Å². The Hall–Kier alpha value is -1.55. The standard InChI is InChI=1S/C10H13NO3/c1-6-4-7(2)8(3)9(5-6)14-10(12)11-13/h4-5,13H,1-3H3,(H,11,12). The predicted molar refractivity (Wildman–Crippen MR) is 51.6 cm³/mol. The zero-order valence-corrected chi connectivity index (χ0v) is 8.42. The first kappa shape index (κ1) is 10.5. The van der Waals surface area contributed by atoms with Gasteiger partial charge in [-0.2, -0.15) is 0 Å². The Morgan fingerprint density at radius 1 is 1.36 bits per heavy atom. The van der Waals surface area contributed by atoms with Crippen molar-refractivity contribution in [2.24, 2.45) is 0 Å². The molecule has 14 heavy (non-hydrogen) atoms. The predicted octanol–water partition coefficient (Wildman–Crippen LogP) is 2.09. The largest absolute Gasteiger partial charge is 0.436 e. The molecule has 0 bridgehead atoms. The first-order chi connectivity index (χ1) is 6.54. The van der Waals surface area contributed by atoms with E-state index in [0.717, 1.165) is 16.7 Å². The van der Waals surface area contributed by atoms with Crippen LogP contribution in [0.3, 0.4) is 0 Å². The average molecular weight is 195 g/mol. The lowest BCUT2D eigenvalue weighted by atomic mass is 10.1. The number of nitrogens with one attached hydrogen (secondary N) is 1. The molecule has 0 aliphatic heterocycles. The summed E-state index contributed by atoms with van der Waals surface area (Å²) in [5.41, 5.74) is 4.36. The molecule has 0 atom stereocenters. The summed E-state index contributed by atoms with van der Waals surface area (Å²) in [6.07, 6.45) is -0.877. The Balaban J connectivity index is 3.02. The van der Waals surface area contributed by atoms with Crippen LogP contribution in [0.1, 0.15) is 16.7 Å². The van der Waals surface area contributed by atoms with Crippen molar-refractivity contribution in [3.63, 3.8) is 0 Å². The number of carbonyl (C=O) groups is 1. The zero-order chi connectivity index (χ0) is 10.7. The Morgan fingerprint density at radius 3 is 2.57 bits per heavy atom. The summed E-state index contributed by atoms with van der Waals surface area (Å²) >= 11 is 0. The number of aryl methyl sites for hydroxylation is 2. The second-order valence-electron chi connectivity index (χ2n) is 3.21. The van der Waals surface area contributed by atoms with Gasteiger partial charge in [0.2, 0.25) is 0 Å². The molecule has 1 amide bonds. The van der Waals surface area contributed by atoms with E-state index in [-0.39, 0.29) is 0 Å². The van der Waals surface area contributed by atoms with Crippen LogP contribution in [-0.2, 0) is 0 Å². The summed E-state index contributed by atoms with van der Waals surface area (Å²) in [5.74, 6) is 0.467. The van der Waals surface area contributed by atoms with E-state index in [4.69, 9.17) is 9.94 Å². The van der Waals surface area contributed by atoms with Gasteiger partial charge in [-0.3, -0.25) is 5.21 Å². The SMILES string of the molecule is Cc1cc(C)c(C)c(OC(=O)NO)c1. The number of hydroxylamine groups is 1. The second-order valence-corrected chi connectivity index (χ2v) is 3.21. The molecule has 0 saturated carbocycles. The van der Waals surface area contributed by atoms with Gasteiger partial charge in [-0.25, -0.2) is 10.3 Å². The van der Waals surface area contributed by atoms with Gasteiger partial charge in [-0.15, -0.1) is 0 Å². The fourth-order valence-corrected chi connectivity index (χ4v) is 1.23. The number of hydrogen-bond donors (Lipinski definition) is 2. The summed E-state index contributed by atoms with van der Waals surface area (Å²) in [7, 11) is 0. The fourth-order valence-electron chi connectivity index (χ4n) is 1.23. The molecule has 1 aromatic rings. The summed E-state index contributed by atoms with van der Waals surface area (Å²) < 4.78 is 4.86. The van der Waals surface area contributed by atoms with Crippen LogP contribution in [0, 0.1) is 20.8 Å². The number of ether oxygens (including phenoxy) is 1. The van der Waals surface area contributed by atoms with E-state index >= 15 is 0 Å². The van der Waals surface area contributed by atoms with Crippen LogP contribution in [0.5, 0.6) is 5.75 Å². The van der Waals surface area contributed by atoms with Crippen LogP contribution in [-0.4, -0.2) is 11.3 Å². The molecular weight excluding hydrogens is 182 g/mol. The Labute approximate surface area is 82.5 Å². The van der Waals surface area contributed by atoms with E-state index in [1.165, 1.54) is 5.48 Å². The zero-order valence-electron chi connectivity index (χ0n) is 8.42. The van der Waals surface area contributed by atoms with Crippen molar-refractivity contribution in [2.45, 2.75) is 20.8 Å². The average Bonchev–Trinajstić information content (AvgIpc) is 2.13. The maximum atomic E-state index is 10.8. The second kappa shape index (κ2) is 4.11. The third kappa shape index (κ3) is 2.23. The fraction of sp³-hybridized carbons (Fsp3) is 0.300. The summed E-state index contributed by atoms with van der Waals surface area (Å²) in [6, 6.07) is 3.75. The molecule has 0 heterocycles. The van der Waals surface area contributed by atoms with Crippen molar-refractivity contribution in [2.75, 3.05) is 0 Å². The number of hydrogen-bond acceptors (Lipinski definition) is 3. The summed E-state index contributed by atoms with van der Waals surface area (Å²) in [4.78, 5) is 10.8. The van der Waals surface area contributed by atoms with Crippen molar-refractivity contribution < 1.29 is 14.7 Å². The molecule has 76 valence electrons. The van der Waals surface area contributed by atoms with Crippen LogP contribution in [0.15, 0.2) is 12.1 Å². The molecule has 0 aliphatic carbocycles. The molecule has 4 nitrogen and oxygen atoms in total. The van der Waals surface area contributed by atoms with Crippen LogP contribution in [0.2, 0.25) is 0 Å². The van der Waals surface area contributed by atoms with Crippen LogP contribution >= 0.6 is 0 Å². The molecule has 0 spiro atoms. The van der Waals surface area contributed by atoms with Gasteiger partial charge in [0.05, 0.1) is 0 Å². The number of benzene rings is 1.